The molecule has 1 aliphatic rings. The zero-order chi connectivity index (χ0) is 28.2. The van der Waals surface area contributed by atoms with E-state index in [1.807, 2.05) is 12.1 Å². The molecule has 206 valence electrons. The molecule has 4 aromatic rings. The van der Waals surface area contributed by atoms with Gasteiger partial charge in [-0.1, -0.05) is 60.7 Å². The lowest BCUT2D eigenvalue weighted by Crippen LogP contribution is -2.25. The van der Waals surface area contributed by atoms with Crippen molar-refractivity contribution in [3.05, 3.63) is 102 Å². The van der Waals surface area contributed by atoms with Gasteiger partial charge in [0.15, 0.2) is 5.75 Å². The van der Waals surface area contributed by atoms with Crippen molar-refractivity contribution >= 4 is 46.0 Å². The first-order valence-electron chi connectivity index (χ1n) is 12.8. The van der Waals surface area contributed by atoms with Crippen LogP contribution in [-0.2, 0) is 6.61 Å². The first kappa shape index (κ1) is 27.6. The van der Waals surface area contributed by atoms with Crippen LogP contribution in [0.25, 0.3) is 10.9 Å². The van der Waals surface area contributed by atoms with Gasteiger partial charge in [-0.05, 0) is 48.7 Å². The van der Waals surface area contributed by atoms with Crippen molar-refractivity contribution in [1.82, 2.24) is 9.66 Å². The quantitative estimate of drug-likeness (QED) is 0.124. The minimum Gasteiger partial charge on any atom is -0.493 e. The van der Waals surface area contributed by atoms with E-state index in [0.29, 0.717) is 37.9 Å². The van der Waals surface area contributed by atoms with E-state index >= 15 is 0 Å². The van der Waals surface area contributed by atoms with Crippen LogP contribution in [0.5, 0.6) is 11.5 Å². The normalized spacial score (nSPS) is 14.1. The van der Waals surface area contributed by atoms with Gasteiger partial charge in [0, 0.05) is 17.5 Å². The van der Waals surface area contributed by atoms with Crippen molar-refractivity contribution < 1.29 is 14.4 Å². The lowest BCUT2D eigenvalue weighted by molar-refractivity contribution is -0.386. The fraction of sp³-hybridized carbons (Fsp3) is 0.276. The lowest BCUT2D eigenvalue weighted by Gasteiger charge is -2.22. The Hall–Kier alpha value is -3.95. The SMILES string of the molecule is COc1cc(C=Nn2c(C3CCCCC3)nc3ccccc3c2=O)cc([N+](=O)[O-])c1OCc1ccc(Cl)c(Cl)c1. The minimum absolute atomic E-state index is 0.00439. The van der Waals surface area contributed by atoms with Crippen molar-refractivity contribution in [3.8, 4) is 11.5 Å². The molecule has 0 radical (unpaired) electrons. The molecule has 0 atom stereocenters. The van der Waals surface area contributed by atoms with Gasteiger partial charge in [-0.15, -0.1) is 0 Å². The highest BCUT2D eigenvalue weighted by Gasteiger charge is 2.24. The van der Waals surface area contributed by atoms with Gasteiger partial charge in [-0.25, -0.2) is 4.98 Å². The van der Waals surface area contributed by atoms with Crippen LogP contribution in [0.2, 0.25) is 10.0 Å². The molecule has 0 spiro atoms. The highest BCUT2D eigenvalue weighted by Crippen LogP contribution is 2.39. The summed E-state index contributed by atoms with van der Waals surface area (Å²) in [5.41, 5.74) is 1.07. The topological polar surface area (TPSA) is 109 Å². The minimum atomic E-state index is -0.554. The molecule has 11 heteroatoms. The molecular formula is C29H26Cl2N4O5. The second kappa shape index (κ2) is 12.1. The van der Waals surface area contributed by atoms with E-state index in [4.69, 9.17) is 37.7 Å². The second-order valence-electron chi connectivity index (χ2n) is 9.55. The van der Waals surface area contributed by atoms with Crippen molar-refractivity contribution in [2.75, 3.05) is 7.11 Å². The van der Waals surface area contributed by atoms with Crippen molar-refractivity contribution in [1.29, 1.82) is 0 Å². The van der Waals surface area contributed by atoms with E-state index in [1.54, 1.807) is 36.4 Å². The van der Waals surface area contributed by atoms with Gasteiger partial charge in [-0.3, -0.25) is 14.9 Å². The Morgan fingerprint density at radius 1 is 1.10 bits per heavy atom. The van der Waals surface area contributed by atoms with Crippen LogP contribution in [0, 0.1) is 10.1 Å². The largest absolute Gasteiger partial charge is 0.493 e. The highest BCUT2D eigenvalue weighted by molar-refractivity contribution is 6.42. The average molecular weight is 581 g/mol. The van der Waals surface area contributed by atoms with Crippen LogP contribution in [0.4, 0.5) is 5.69 Å². The monoisotopic (exact) mass is 580 g/mol. The smallest absolute Gasteiger partial charge is 0.315 e. The Morgan fingerprint density at radius 2 is 1.88 bits per heavy atom. The molecule has 1 heterocycles. The Labute approximate surface area is 240 Å². The average Bonchev–Trinajstić information content (AvgIpc) is 2.97. The lowest BCUT2D eigenvalue weighted by atomic mass is 9.88. The Bertz CT molecular complexity index is 1660. The number of methoxy groups -OCH3 is 1. The molecule has 0 aliphatic heterocycles. The fourth-order valence-electron chi connectivity index (χ4n) is 4.90. The van der Waals surface area contributed by atoms with Crippen LogP contribution in [0.3, 0.4) is 0 Å². The number of fused-ring (bicyclic) bond motifs is 1. The van der Waals surface area contributed by atoms with Crippen LogP contribution in [-0.4, -0.2) is 27.9 Å². The van der Waals surface area contributed by atoms with Crippen LogP contribution in [0.15, 0.2) is 64.5 Å². The molecular weight excluding hydrogens is 555 g/mol. The van der Waals surface area contributed by atoms with E-state index in [1.165, 1.54) is 24.1 Å². The van der Waals surface area contributed by atoms with Gasteiger partial charge in [0.2, 0.25) is 5.75 Å². The number of nitro benzene ring substituents is 1. The molecule has 0 bridgehead atoms. The summed E-state index contributed by atoms with van der Waals surface area (Å²) in [6.45, 7) is 0.00439. The molecule has 1 saturated carbocycles. The molecule has 5 rings (SSSR count). The molecule has 0 saturated heterocycles. The standard InChI is InChI=1S/C29H26Cl2N4O5/c1-39-26-15-19(14-25(35(37)38)27(26)40-17-18-11-12-22(30)23(31)13-18)16-32-34-28(20-7-3-2-4-8-20)33-24-10-6-5-9-21(24)29(34)36/h5-6,9-16,20H,2-4,7-8,17H2,1H3. The van der Waals surface area contributed by atoms with Crippen LogP contribution < -0.4 is 15.0 Å². The summed E-state index contributed by atoms with van der Waals surface area (Å²) in [5, 5.41) is 17.7. The van der Waals surface area contributed by atoms with Gasteiger partial charge in [0.1, 0.15) is 12.4 Å². The molecule has 9 nitrogen and oxygen atoms in total. The number of para-hydroxylation sites is 1. The van der Waals surface area contributed by atoms with E-state index in [-0.39, 0.29) is 35.3 Å². The number of ether oxygens (including phenoxy) is 2. The second-order valence-corrected chi connectivity index (χ2v) is 10.4. The van der Waals surface area contributed by atoms with Gasteiger partial charge >= 0.3 is 5.69 Å². The fourth-order valence-corrected chi connectivity index (χ4v) is 5.22. The van der Waals surface area contributed by atoms with E-state index in [9.17, 15) is 14.9 Å². The van der Waals surface area contributed by atoms with E-state index in [0.717, 1.165) is 32.1 Å². The summed E-state index contributed by atoms with van der Waals surface area (Å²) >= 11 is 12.1. The van der Waals surface area contributed by atoms with E-state index in [2.05, 4.69) is 5.10 Å². The molecule has 1 fully saturated rings. The van der Waals surface area contributed by atoms with Crippen LogP contribution in [0.1, 0.15) is 55.0 Å². The molecule has 3 aromatic carbocycles. The maximum Gasteiger partial charge on any atom is 0.315 e. The van der Waals surface area contributed by atoms with Crippen LogP contribution >= 0.6 is 23.2 Å². The van der Waals surface area contributed by atoms with Gasteiger partial charge in [-0.2, -0.15) is 9.78 Å². The third kappa shape index (κ3) is 5.80. The summed E-state index contributed by atoms with van der Waals surface area (Å²) in [6.07, 6.45) is 6.52. The maximum absolute atomic E-state index is 13.5. The van der Waals surface area contributed by atoms with Crippen molar-refractivity contribution in [3.63, 3.8) is 0 Å². The van der Waals surface area contributed by atoms with Crippen molar-refractivity contribution in [2.24, 2.45) is 5.10 Å². The Morgan fingerprint density at radius 3 is 2.60 bits per heavy atom. The van der Waals surface area contributed by atoms with Crippen molar-refractivity contribution in [2.45, 2.75) is 44.6 Å². The molecule has 40 heavy (non-hydrogen) atoms. The zero-order valence-corrected chi connectivity index (χ0v) is 23.2. The summed E-state index contributed by atoms with van der Waals surface area (Å²) in [4.78, 5) is 29.7. The molecule has 0 N–H and O–H groups in total. The Kier molecular flexibility index (Phi) is 8.32. The third-order valence-corrected chi connectivity index (χ3v) is 7.65. The van der Waals surface area contributed by atoms with Gasteiger partial charge in [0.25, 0.3) is 5.56 Å². The number of rotatable bonds is 8. The molecule has 0 amide bonds. The summed E-state index contributed by atoms with van der Waals surface area (Å²) in [6, 6.07) is 15.0. The summed E-state index contributed by atoms with van der Waals surface area (Å²) < 4.78 is 12.6. The number of aromatic nitrogens is 2. The van der Waals surface area contributed by atoms with Gasteiger partial charge in [0.05, 0.1) is 39.2 Å². The number of benzene rings is 3. The molecule has 1 aromatic heterocycles. The first-order chi connectivity index (χ1) is 19.4. The Balaban J connectivity index is 1.52. The maximum atomic E-state index is 13.5. The first-order valence-corrected chi connectivity index (χ1v) is 13.6. The highest BCUT2D eigenvalue weighted by atomic mass is 35.5. The number of halogens is 2. The molecule has 1 aliphatic carbocycles. The third-order valence-electron chi connectivity index (χ3n) is 6.91. The number of hydrogen-bond donors (Lipinski definition) is 0. The van der Waals surface area contributed by atoms with E-state index < -0.39 is 4.92 Å². The number of nitrogens with zero attached hydrogens (tertiary/aromatic N) is 4. The summed E-state index contributed by atoms with van der Waals surface area (Å²) in [7, 11) is 1.39. The zero-order valence-electron chi connectivity index (χ0n) is 21.7. The van der Waals surface area contributed by atoms with Gasteiger partial charge < -0.3 is 9.47 Å². The summed E-state index contributed by atoms with van der Waals surface area (Å²) in [5.74, 6) is 0.808. The molecule has 0 unspecified atom stereocenters. The number of nitro groups is 1. The predicted octanol–water partition coefficient (Wildman–Crippen LogP) is 7.13. The number of hydrogen-bond acceptors (Lipinski definition) is 7. The predicted molar refractivity (Wildman–Crippen MR) is 155 cm³/mol.